The molecule has 0 heterocycles. The molecule has 0 unspecified atom stereocenters. The number of ether oxygens (including phenoxy) is 1. The number of nitriles is 1. The summed E-state index contributed by atoms with van der Waals surface area (Å²) in [6.45, 7) is 2.57. The van der Waals surface area contributed by atoms with Gasteiger partial charge in [0, 0.05) is 10.9 Å². The quantitative estimate of drug-likeness (QED) is 0.780. The van der Waals surface area contributed by atoms with Gasteiger partial charge in [-0.25, -0.2) is 0 Å². The van der Waals surface area contributed by atoms with Crippen LogP contribution in [0.1, 0.15) is 12.5 Å². The summed E-state index contributed by atoms with van der Waals surface area (Å²) in [6, 6.07) is 14.2. The average molecular weight is 211 g/mol. The number of nitrogens with zero attached hydrogens (tertiary/aromatic N) is 1. The highest BCUT2D eigenvalue weighted by molar-refractivity contribution is 5.89. The second kappa shape index (κ2) is 4.67. The Hall–Kier alpha value is -2.01. The molecule has 0 radical (unpaired) electrons. The molecular formula is C14H13NO. The fourth-order valence-electron chi connectivity index (χ4n) is 1.83. The summed E-state index contributed by atoms with van der Waals surface area (Å²) in [6.07, 6.45) is 0.389. The molecule has 2 aromatic carbocycles. The van der Waals surface area contributed by atoms with Gasteiger partial charge in [0.2, 0.25) is 0 Å². The highest BCUT2D eigenvalue weighted by atomic mass is 16.5. The summed E-state index contributed by atoms with van der Waals surface area (Å²) < 4.78 is 5.65. The largest absolute Gasteiger partial charge is 0.493 e. The van der Waals surface area contributed by atoms with Crippen molar-refractivity contribution in [2.24, 2.45) is 0 Å². The first kappa shape index (κ1) is 10.5. The van der Waals surface area contributed by atoms with Gasteiger partial charge in [0.25, 0.3) is 0 Å². The van der Waals surface area contributed by atoms with Gasteiger partial charge < -0.3 is 4.74 Å². The van der Waals surface area contributed by atoms with E-state index < -0.39 is 0 Å². The predicted molar refractivity (Wildman–Crippen MR) is 64.4 cm³/mol. The maximum Gasteiger partial charge on any atom is 0.131 e. The van der Waals surface area contributed by atoms with Gasteiger partial charge in [-0.05, 0) is 12.3 Å². The molecular weight excluding hydrogens is 198 g/mol. The molecule has 0 bridgehead atoms. The van der Waals surface area contributed by atoms with Gasteiger partial charge in [-0.15, -0.1) is 0 Å². The zero-order valence-electron chi connectivity index (χ0n) is 9.23. The van der Waals surface area contributed by atoms with Crippen LogP contribution in [0.15, 0.2) is 36.4 Å². The highest BCUT2D eigenvalue weighted by Crippen LogP contribution is 2.30. The molecule has 80 valence electrons. The predicted octanol–water partition coefficient (Wildman–Crippen LogP) is 3.30. The lowest BCUT2D eigenvalue weighted by molar-refractivity contribution is 0.341. The summed E-state index contributed by atoms with van der Waals surface area (Å²) in [5.41, 5.74) is 0.961. The van der Waals surface area contributed by atoms with Gasteiger partial charge in [-0.2, -0.15) is 5.26 Å². The lowest BCUT2D eigenvalue weighted by Gasteiger charge is -2.11. The maximum absolute atomic E-state index is 8.78. The number of hydrogen-bond acceptors (Lipinski definition) is 2. The summed E-state index contributed by atoms with van der Waals surface area (Å²) in [7, 11) is 0. The second-order valence-corrected chi connectivity index (χ2v) is 3.54. The Morgan fingerprint density at radius 2 is 2.00 bits per heavy atom. The van der Waals surface area contributed by atoms with E-state index in [0.717, 1.165) is 22.1 Å². The van der Waals surface area contributed by atoms with Crippen LogP contribution < -0.4 is 4.74 Å². The van der Waals surface area contributed by atoms with Gasteiger partial charge in [0.05, 0.1) is 19.1 Å². The number of benzene rings is 2. The van der Waals surface area contributed by atoms with Crippen molar-refractivity contribution >= 4 is 10.8 Å². The Labute approximate surface area is 95.1 Å². The molecule has 2 aromatic rings. The van der Waals surface area contributed by atoms with Crippen LogP contribution in [0.2, 0.25) is 0 Å². The van der Waals surface area contributed by atoms with Gasteiger partial charge in [-0.1, -0.05) is 36.4 Å². The molecule has 0 aliphatic rings. The lowest BCUT2D eigenvalue weighted by atomic mass is 10.0. The Balaban J connectivity index is 2.64. The average Bonchev–Trinajstić information content (AvgIpc) is 2.32. The summed E-state index contributed by atoms with van der Waals surface area (Å²) in [5.74, 6) is 0.849. The van der Waals surface area contributed by atoms with E-state index in [1.165, 1.54) is 0 Å². The molecule has 2 rings (SSSR count). The minimum absolute atomic E-state index is 0.389. The van der Waals surface area contributed by atoms with Crippen molar-refractivity contribution in [2.75, 3.05) is 6.61 Å². The van der Waals surface area contributed by atoms with E-state index in [1.54, 1.807) is 0 Å². The van der Waals surface area contributed by atoms with E-state index in [4.69, 9.17) is 10.00 Å². The Bertz CT molecular complexity index is 540. The first-order valence-electron chi connectivity index (χ1n) is 5.37. The number of rotatable bonds is 3. The summed E-state index contributed by atoms with van der Waals surface area (Å²) in [4.78, 5) is 0. The third-order valence-corrected chi connectivity index (χ3v) is 2.52. The molecule has 0 atom stereocenters. The van der Waals surface area contributed by atoms with Crippen LogP contribution in [0.3, 0.4) is 0 Å². The first-order chi connectivity index (χ1) is 7.86. The molecule has 0 aliphatic heterocycles. The second-order valence-electron chi connectivity index (χ2n) is 3.54. The molecule has 0 N–H and O–H groups in total. The monoisotopic (exact) mass is 211 g/mol. The highest BCUT2D eigenvalue weighted by Gasteiger charge is 2.07. The zero-order chi connectivity index (χ0) is 11.4. The van der Waals surface area contributed by atoms with Crippen LogP contribution in [0, 0.1) is 11.3 Å². The third kappa shape index (κ3) is 1.85. The van der Waals surface area contributed by atoms with Gasteiger partial charge in [0.1, 0.15) is 5.75 Å². The fourth-order valence-corrected chi connectivity index (χ4v) is 1.83. The van der Waals surface area contributed by atoms with Crippen molar-refractivity contribution < 1.29 is 4.74 Å². The minimum atomic E-state index is 0.389. The van der Waals surface area contributed by atoms with E-state index >= 15 is 0 Å². The van der Waals surface area contributed by atoms with Crippen molar-refractivity contribution in [1.29, 1.82) is 5.26 Å². The molecule has 0 amide bonds. The number of fused-ring (bicyclic) bond motifs is 1. The SMILES string of the molecule is CCOc1c(CC#N)ccc2ccccc12. The Kier molecular flexibility index (Phi) is 3.07. The van der Waals surface area contributed by atoms with Crippen LogP contribution in [0.4, 0.5) is 0 Å². The smallest absolute Gasteiger partial charge is 0.131 e. The minimum Gasteiger partial charge on any atom is -0.493 e. The third-order valence-electron chi connectivity index (χ3n) is 2.52. The molecule has 2 heteroatoms. The van der Waals surface area contributed by atoms with E-state index in [1.807, 2.05) is 43.3 Å². The van der Waals surface area contributed by atoms with E-state index in [-0.39, 0.29) is 0 Å². The van der Waals surface area contributed by atoms with Crippen LogP contribution in [-0.4, -0.2) is 6.61 Å². The normalized spacial score (nSPS) is 10.0. The standard InChI is InChI=1S/C14H13NO/c1-2-16-14-12(9-10-15)8-7-11-5-3-4-6-13(11)14/h3-8H,2,9H2,1H3. The number of hydrogen-bond donors (Lipinski definition) is 0. The Morgan fingerprint density at radius 3 is 2.75 bits per heavy atom. The molecule has 0 saturated heterocycles. The first-order valence-corrected chi connectivity index (χ1v) is 5.37. The molecule has 2 nitrogen and oxygen atoms in total. The maximum atomic E-state index is 8.78. The molecule has 16 heavy (non-hydrogen) atoms. The molecule has 0 aromatic heterocycles. The lowest BCUT2D eigenvalue weighted by Crippen LogP contribution is -1.97. The van der Waals surface area contributed by atoms with Crippen LogP contribution in [0.5, 0.6) is 5.75 Å². The van der Waals surface area contributed by atoms with Crippen LogP contribution in [0.25, 0.3) is 10.8 Å². The van der Waals surface area contributed by atoms with Crippen molar-refractivity contribution in [1.82, 2.24) is 0 Å². The van der Waals surface area contributed by atoms with E-state index in [0.29, 0.717) is 13.0 Å². The van der Waals surface area contributed by atoms with E-state index in [2.05, 4.69) is 6.07 Å². The van der Waals surface area contributed by atoms with Crippen LogP contribution >= 0.6 is 0 Å². The molecule has 0 saturated carbocycles. The molecule has 0 fully saturated rings. The fraction of sp³-hybridized carbons (Fsp3) is 0.214. The zero-order valence-corrected chi connectivity index (χ0v) is 9.23. The van der Waals surface area contributed by atoms with Crippen molar-refractivity contribution in [3.05, 3.63) is 42.0 Å². The van der Waals surface area contributed by atoms with Crippen molar-refractivity contribution in [3.8, 4) is 11.8 Å². The van der Waals surface area contributed by atoms with Gasteiger partial charge in [0.15, 0.2) is 0 Å². The molecule has 0 aliphatic carbocycles. The Morgan fingerprint density at radius 1 is 1.19 bits per heavy atom. The van der Waals surface area contributed by atoms with Crippen molar-refractivity contribution in [3.63, 3.8) is 0 Å². The van der Waals surface area contributed by atoms with Crippen LogP contribution in [-0.2, 0) is 6.42 Å². The van der Waals surface area contributed by atoms with E-state index in [9.17, 15) is 0 Å². The topological polar surface area (TPSA) is 33.0 Å². The summed E-state index contributed by atoms with van der Waals surface area (Å²) in [5, 5.41) is 11.0. The van der Waals surface area contributed by atoms with Gasteiger partial charge >= 0.3 is 0 Å². The molecule has 0 spiro atoms. The van der Waals surface area contributed by atoms with Crippen molar-refractivity contribution in [2.45, 2.75) is 13.3 Å². The summed E-state index contributed by atoms with van der Waals surface area (Å²) >= 11 is 0. The van der Waals surface area contributed by atoms with Gasteiger partial charge in [-0.3, -0.25) is 0 Å².